The molecule has 2 nitrogen and oxygen atoms in total. The Labute approximate surface area is 75.2 Å². The SMILES string of the molecule is C=C[C@H](CO)OCC(CC)CC. The molecule has 0 rings (SSSR count). The normalized spacial score (nSPS) is 13.3. The smallest absolute Gasteiger partial charge is 0.0984 e. The highest BCUT2D eigenvalue weighted by Gasteiger charge is 2.07. The van der Waals surface area contributed by atoms with Crippen molar-refractivity contribution in [2.45, 2.75) is 32.8 Å². The Morgan fingerprint density at radius 3 is 2.33 bits per heavy atom. The quantitative estimate of drug-likeness (QED) is 0.595. The molecule has 0 aliphatic heterocycles. The molecule has 0 amide bonds. The van der Waals surface area contributed by atoms with Crippen molar-refractivity contribution in [3.63, 3.8) is 0 Å². The lowest BCUT2D eigenvalue weighted by molar-refractivity contribution is 0.0214. The van der Waals surface area contributed by atoms with E-state index in [0.717, 1.165) is 19.4 Å². The predicted molar refractivity (Wildman–Crippen MR) is 51.1 cm³/mol. The number of aliphatic hydroxyl groups is 1. The van der Waals surface area contributed by atoms with Crippen LogP contribution < -0.4 is 0 Å². The van der Waals surface area contributed by atoms with E-state index in [4.69, 9.17) is 9.84 Å². The minimum atomic E-state index is -0.189. The molecule has 0 saturated carbocycles. The second kappa shape index (κ2) is 7.32. The van der Waals surface area contributed by atoms with E-state index >= 15 is 0 Å². The van der Waals surface area contributed by atoms with Crippen molar-refractivity contribution in [1.82, 2.24) is 0 Å². The highest BCUT2D eigenvalue weighted by Crippen LogP contribution is 2.08. The van der Waals surface area contributed by atoms with Crippen LogP contribution in [0.5, 0.6) is 0 Å². The van der Waals surface area contributed by atoms with Crippen molar-refractivity contribution in [1.29, 1.82) is 0 Å². The maximum Gasteiger partial charge on any atom is 0.0984 e. The maximum atomic E-state index is 8.79. The molecule has 12 heavy (non-hydrogen) atoms. The van der Waals surface area contributed by atoms with Crippen LogP contribution in [0.15, 0.2) is 12.7 Å². The lowest BCUT2D eigenvalue weighted by atomic mass is 10.1. The number of aliphatic hydroxyl groups excluding tert-OH is 1. The first kappa shape index (κ1) is 11.7. The second-order valence-corrected chi connectivity index (χ2v) is 2.97. The molecular formula is C10H20O2. The van der Waals surface area contributed by atoms with E-state index in [9.17, 15) is 0 Å². The standard InChI is InChI=1S/C10H20O2/c1-4-9(5-2)8-12-10(6-3)7-11/h6,9-11H,3-5,7-8H2,1-2H3/t10-/m1/s1. The summed E-state index contributed by atoms with van der Waals surface area (Å²) in [6, 6.07) is 0. The van der Waals surface area contributed by atoms with Gasteiger partial charge >= 0.3 is 0 Å². The van der Waals surface area contributed by atoms with E-state index in [2.05, 4.69) is 20.4 Å². The summed E-state index contributed by atoms with van der Waals surface area (Å²) in [4.78, 5) is 0. The van der Waals surface area contributed by atoms with Gasteiger partial charge in [-0.2, -0.15) is 0 Å². The largest absolute Gasteiger partial charge is 0.393 e. The molecule has 0 unspecified atom stereocenters. The van der Waals surface area contributed by atoms with Gasteiger partial charge in [0, 0.05) is 0 Å². The molecule has 0 heterocycles. The molecule has 0 saturated heterocycles. The second-order valence-electron chi connectivity index (χ2n) is 2.97. The van der Waals surface area contributed by atoms with Gasteiger partial charge in [0.05, 0.1) is 19.3 Å². The zero-order chi connectivity index (χ0) is 9.40. The fourth-order valence-electron chi connectivity index (χ4n) is 0.979. The summed E-state index contributed by atoms with van der Waals surface area (Å²) >= 11 is 0. The van der Waals surface area contributed by atoms with Gasteiger partial charge in [0.2, 0.25) is 0 Å². The predicted octanol–water partition coefficient (Wildman–Crippen LogP) is 1.99. The van der Waals surface area contributed by atoms with Crippen LogP contribution in [-0.4, -0.2) is 24.4 Å². The maximum absolute atomic E-state index is 8.79. The zero-order valence-corrected chi connectivity index (χ0v) is 8.12. The molecule has 0 bridgehead atoms. The van der Waals surface area contributed by atoms with Crippen LogP contribution in [0.25, 0.3) is 0 Å². The highest BCUT2D eigenvalue weighted by molar-refractivity contribution is 4.79. The molecule has 0 fully saturated rings. The summed E-state index contributed by atoms with van der Waals surface area (Å²) in [6.07, 6.45) is 3.71. The first-order valence-electron chi connectivity index (χ1n) is 4.63. The number of ether oxygens (including phenoxy) is 1. The van der Waals surface area contributed by atoms with Gasteiger partial charge in [-0.25, -0.2) is 0 Å². The van der Waals surface area contributed by atoms with E-state index in [0.29, 0.717) is 5.92 Å². The fraction of sp³-hybridized carbons (Fsp3) is 0.800. The first-order chi connectivity index (χ1) is 5.78. The Balaban J connectivity index is 3.55. The van der Waals surface area contributed by atoms with E-state index in [1.807, 2.05) is 0 Å². The van der Waals surface area contributed by atoms with Gasteiger partial charge in [-0.3, -0.25) is 0 Å². The Bertz CT molecular complexity index is 108. The Kier molecular flexibility index (Phi) is 7.11. The fourth-order valence-corrected chi connectivity index (χ4v) is 0.979. The number of hydrogen-bond acceptors (Lipinski definition) is 2. The molecular weight excluding hydrogens is 152 g/mol. The summed E-state index contributed by atoms with van der Waals surface area (Å²) in [6.45, 7) is 8.64. The average Bonchev–Trinajstić information content (AvgIpc) is 2.13. The van der Waals surface area contributed by atoms with Crippen molar-refractivity contribution in [3.05, 3.63) is 12.7 Å². The van der Waals surface area contributed by atoms with Crippen LogP contribution >= 0.6 is 0 Å². The third-order valence-corrected chi connectivity index (χ3v) is 2.14. The minimum absolute atomic E-state index is 0.0314. The summed E-state index contributed by atoms with van der Waals surface area (Å²) < 4.78 is 5.42. The summed E-state index contributed by atoms with van der Waals surface area (Å²) in [5.74, 6) is 0.610. The third kappa shape index (κ3) is 4.52. The van der Waals surface area contributed by atoms with Crippen LogP contribution in [0.3, 0.4) is 0 Å². The van der Waals surface area contributed by atoms with E-state index in [1.165, 1.54) is 0 Å². The molecule has 0 aromatic rings. The average molecular weight is 172 g/mol. The molecule has 72 valence electrons. The van der Waals surface area contributed by atoms with Crippen molar-refractivity contribution in [2.24, 2.45) is 5.92 Å². The molecule has 1 N–H and O–H groups in total. The first-order valence-corrected chi connectivity index (χ1v) is 4.63. The molecule has 0 aliphatic carbocycles. The molecule has 0 aliphatic rings. The van der Waals surface area contributed by atoms with Gasteiger partial charge in [-0.15, -0.1) is 6.58 Å². The van der Waals surface area contributed by atoms with Gasteiger partial charge < -0.3 is 9.84 Å². The van der Waals surface area contributed by atoms with Crippen LogP contribution in [0.4, 0.5) is 0 Å². The van der Waals surface area contributed by atoms with Gasteiger partial charge in [-0.1, -0.05) is 32.8 Å². The van der Waals surface area contributed by atoms with E-state index in [-0.39, 0.29) is 12.7 Å². The third-order valence-electron chi connectivity index (χ3n) is 2.14. The van der Waals surface area contributed by atoms with Crippen LogP contribution in [0.1, 0.15) is 26.7 Å². The zero-order valence-electron chi connectivity index (χ0n) is 8.12. The molecule has 0 aromatic heterocycles. The van der Waals surface area contributed by atoms with Crippen LogP contribution in [0.2, 0.25) is 0 Å². The molecule has 2 heteroatoms. The Morgan fingerprint density at radius 2 is 2.00 bits per heavy atom. The minimum Gasteiger partial charge on any atom is -0.393 e. The highest BCUT2D eigenvalue weighted by atomic mass is 16.5. The van der Waals surface area contributed by atoms with Crippen LogP contribution in [0, 0.1) is 5.92 Å². The van der Waals surface area contributed by atoms with Crippen molar-refractivity contribution in [2.75, 3.05) is 13.2 Å². The van der Waals surface area contributed by atoms with Gasteiger partial charge in [-0.05, 0) is 5.92 Å². The topological polar surface area (TPSA) is 29.5 Å². The van der Waals surface area contributed by atoms with Gasteiger partial charge in [0.25, 0.3) is 0 Å². The lowest BCUT2D eigenvalue weighted by Crippen LogP contribution is -2.19. The molecule has 0 radical (unpaired) electrons. The Morgan fingerprint density at radius 1 is 1.42 bits per heavy atom. The summed E-state index contributed by atoms with van der Waals surface area (Å²) in [5.41, 5.74) is 0. The molecule has 0 aromatic carbocycles. The van der Waals surface area contributed by atoms with Gasteiger partial charge in [0.15, 0.2) is 0 Å². The van der Waals surface area contributed by atoms with Crippen molar-refractivity contribution < 1.29 is 9.84 Å². The summed E-state index contributed by atoms with van der Waals surface area (Å²) in [7, 11) is 0. The monoisotopic (exact) mass is 172 g/mol. The van der Waals surface area contributed by atoms with Crippen molar-refractivity contribution >= 4 is 0 Å². The number of hydrogen-bond donors (Lipinski definition) is 1. The van der Waals surface area contributed by atoms with Gasteiger partial charge in [0.1, 0.15) is 0 Å². The number of rotatable bonds is 7. The Hall–Kier alpha value is -0.340. The van der Waals surface area contributed by atoms with E-state index in [1.54, 1.807) is 6.08 Å². The molecule has 0 spiro atoms. The molecule has 1 atom stereocenters. The lowest BCUT2D eigenvalue weighted by Gasteiger charge is -2.16. The summed E-state index contributed by atoms with van der Waals surface area (Å²) in [5, 5.41) is 8.79. The van der Waals surface area contributed by atoms with Crippen LogP contribution in [-0.2, 0) is 4.74 Å². The van der Waals surface area contributed by atoms with Crippen molar-refractivity contribution in [3.8, 4) is 0 Å². The van der Waals surface area contributed by atoms with E-state index < -0.39 is 0 Å².